The number of alkyl carbamates (subject to hydrolysis) is 1. The molecule has 1 rings (SSSR count). The van der Waals surface area contributed by atoms with E-state index in [4.69, 9.17) is 15.6 Å². The highest BCUT2D eigenvalue weighted by Crippen LogP contribution is 2.22. The van der Waals surface area contributed by atoms with Crippen LogP contribution >= 0.6 is 0 Å². The number of hydrogen-bond donors (Lipinski definition) is 3. The number of nitrogens with two attached hydrogens (primary N) is 1. The van der Waals surface area contributed by atoms with Crippen molar-refractivity contribution in [1.82, 2.24) is 10.2 Å². The topological polar surface area (TPSA) is 105 Å². The predicted octanol–water partition coefficient (Wildman–Crippen LogP) is 0.982. The molecule has 7 nitrogen and oxygen atoms in total. The molecule has 1 aliphatic heterocycles. The number of carbonyl (C=O) groups is 2. The summed E-state index contributed by atoms with van der Waals surface area (Å²) in [6.45, 7) is 6.35. The third-order valence-electron chi connectivity index (χ3n) is 3.15. The summed E-state index contributed by atoms with van der Waals surface area (Å²) >= 11 is 0. The molecule has 0 spiro atoms. The first-order valence-corrected chi connectivity index (χ1v) is 6.37. The second kappa shape index (κ2) is 5.64. The molecule has 19 heavy (non-hydrogen) atoms. The third-order valence-corrected chi connectivity index (χ3v) is 3.15. The number of ether oxygens (including phenoxy) is 1. The minimum Gasteiger partial charge on any atom is -0.465 e. The highest BCUT2D eigenvalue weighted by molar-refractivity contribution is 5.69. The average Bonchev–Trinajstić information content (AvgIpc) is 2.26. The zero-order valence-corrected chi connectivity index (χ0v) is 11.7. The van der Waals surface area contributed by atoms with E-state index in [2.05, 4.69) is 5.32 Å². The van der Waals surface area contributed by atoms with E-state index in [-0.39, 0.29) is 6.54 Å². The van der Waals surface area contributed by atoms with Gasteiger partial charge < -0.3 is 25.8 Å². The zero-order chi connectivity index (χ0) is 14.7. The second-order valence-electron chi connectivity index (χ2n) is 5.88. The first-order valence-electron chi connectivity index (χ1n) is 6.37. The van der Waals surface area contributed by atoms with Crippen molar-refractivity contribution in [2.45, 2.75) is 44.8 Å². The maximum absolute atomic E-state index is 11.8. The summed E-state index contributed by atoms with van der Waals surface area (Å²) < 4.78 is 5.21. The molecule has 1 fully saturated rings. The van der Waals surface area contributed by atoms with Gasteiger partial charge in [0.15, 0.2) is 0 Å². The van der Waals surface area contributed by atoms with Gasteiger partial charge in [-0.2, -0.15) is 0 Å². The summed E-state index contributed by atoms with van der Waals surface area (Å²) in [5.74, 6) is 0. The molecule has 0 radical (unpaired) electrons. The van der Waals surface area contributed by atoms with Gasteiger partial charge in [-0.3, -0.25) is 0 Å². The van der Waals surface area contributed by atoms with Crippen LogP contribution in [0.4, 0.5) is 9.59 Å². The molecule has 0 unspecified atom stereocenters. The van der Waals surface area contributed by atoms with E-state index < -0.39 is 23.3 Å². The summed E-state index contributed by atoms with van der Waals surface area (Å²) in [5, 5.41) is 11.7. The molecule has 7 heteroatoms. The Morgan fingerprint density at radius 1 is 1.37 bits per heavy atom. The molecule has 0 aliphatic carbocycles. The summed E-state index contributed by atoms with van der Waals surface area (Å²) in [7, 11) is 0. The number of rotatable bonds is 2. The van der Waals surface area contributed by atoms with Crippen LogP contribution < -0.4 is 11.1 Å². The lowest BCUT2D eigenvalue weighted by atomic mass is 9.88. The summed E-state index contributed by atoms with van der Waals surface area (Å²) in [5.41, 5.74) is 4.59. The molecule has 0 aromatic rings. The fourth-order valence-corrected chi connectivity index (χ4v) is 2.03. The summed E-state index contributed by atoms with van der Waals surface area (Å²) in [4.78, 5) is 24.0. The Hall–Kier alpha value is -1.50. The molecule has 0 atom stereocenters. The van der Waals surface area contributed by atoms with Crippen molar-refractivity contribution >= 4 is 12.2 Å². The molecular formula is C12H23N3O4. The van der Waals surface area contributed by atoms with Crippen LogP contribution in [-0.2, 0) is 4.74 Å². The van der Waals surface area contributed by atoms with E-state index in [1.165, 1.54) is 4.90 Å². The smallest absolute Gasteiger partial charge is 0.408 e. The van der Waals surface area contributed by atoms with E-state index in [0.717, 1.165) is 0 Å². The van der Waals surface area contributed by atoms with Crippen molar-refractivity contribution in [3.8, 4) is 0 Å². The van der Waals surface area contributed by atoms with Crippen LogP contribution in [0.15, 0.2) is 0 Å². The minimum atomic E-state index is -0.942. The van der Waals surface area contributed by atoms with Crippen molar-refractivity contribution in [2.75, 3.05) is 19.6 Å². The largest absolute Gasteiger partial charge is 0.465 e. The van der Waals surface area contributed by atoms with Crippen LogP contribution in [0.2, 0.25) is 0 Å². The van der Waals surface area contributed by atoms with Gasteiger partial charge in [-0.05, 0) is 33.6 Å². The number of nitrogens with zero attached hydrogens (tertiary/aromatic N) is 1. The monoisotopic (exact) mass is 273 g/mol. The molecule has 4 N–H and O–H groups in total. The standard InChI is InChI=1S/C12H23N3O4/c1-11(2,3)19-9(16)14-12(8-13)4-6-15(7-5-12)10(17)18/h4-8,13H2,1-3H3,(H,14,16)(H,17,18). The van der Waals surface area contributed by atoms with E-state index >= 15 is 0 Å². The summed E-state index contributed by atoms with van der Waals surface area (Å²) in [6.07, 6.45) is -0.464. The fraction of sp³-hybridized carbons (Fsp3) is 0.833. The van der Waals surface area contributed by atoms with Gasteiger partial charge in [0.05, 0.1) is 5.54 Å². The number of carboxylic acid groups (broad SMARTS) is 1. The Bertz CT molecular complexity index is 343. The Kier molecular flexibility index (Phi) is 4.62. The molecule has 2 amide bonds. The van der Waals surface area contributed by atoms with Crippen LogP contribution in [0.5, 0.6) is 0 Å². The van der Waals surface area contributed by atoms with Crippen LogP contribution in [0, 0.1) is 0 Å². The third kappa shape index (κ3) is 4.59. The number of piperidine rings is 1. The quantitative estimate of drug-likeness (QED) is 0.695. The minimum absolute atomic E-state index is 0.264. The average molecular weight is 273 g/mol. The Morgan fingerprint density at radius 3 is 2.26 bits per heavy atom. The van der Waals surface area contributed by atoms with Gasteiger partial charge in [0.25, 0.3) is 0 Å². The number of hydrogen-bond acceptors (Lipinski definition) is 4. The van der Waals surface area contributed by atoms with Crippen LogP contribution in [0.3, 0.4) is 0 Å². The molecule has 1 heterocycles. The van der Waals surface area contributed by atoms with Crippen LogP contribution in [0.1, 0.15) is 33.6 Å². The first kappa shape index (κ1) is 15.6. The van der Waals surface area contributed by atoms with Crippen molar-refractivity contribution in [2.24, 2.45) is 5.73 Å². The van der Waals surface area contributed by atoms with Gasteiger partial charge in [0, 0.05) is 19.6 Å². The fourth-order valence-electron chi connectivity index (χ4n) is 2.03. The highest BCUT2D eigenvalue weighted by Gasteiger charge is 2.37. The van der Waals surface area contributed by atoms with Gasteiger partial charge in [-0.1, -0.05) is 0 Å². The van der Waals surface area contributed by atoms with Crippen LogP contribution in [-0.4, -0.2) is 53.0 Å². The Morgan fingerprint density at radius 2 is 1.89 bits per heavy atom. The van der Waals surface area contributed by atoms with Crippen molar-refractivity contribution in [3.05, 3.63) is 0 Å². The SMILES string of the molecule is CC(C)(C)OC(=O)NC1(CN)CCN(C(=O)O)CC1. The van der Waals surface area contributed by atoms with Crippen molar-refractivity contribution in [1.29, 1.82) is 0 Å². The van der Waals surface area contributed by atoms with E-state index in [1.807, 2.05) is 0 Å². The molecule has 0 bridgehead atoms. The van der Waals surface area contributed by atoms with Gasteiger partial charge in [-0.15, -0.1) is 0 Å². The van der Waals surface area contributed by atoms with Gasteiger partial charge in [0.2, 0.25) is 0 Å². The molecule has 0 aromatic carbocycles. The Labute approximate surface area is 113 Å². The highest BCUT2D eigenvalue weighted by atomic mass is 16.6. The van der Waals surface area contributed by atoms with E-state index in [9.17, 15) is 9.59 Å². The van der Waals surface area contributed by atoms with E-state index in [1.54, 1.807) is 20.8 Å². The molecule has 0 saturated carbocycles. The molecule has 1 saturated heterocycles. The van der Waals surface area contributed by atoms with Gasteiger partial charge in [-0.25, -0.2) is 9.59 Å². The van der Waals surface area contributed by atoms with Gasteiger partial charge >= 0.3 is 12.2 Å². The van der Waals surface area contributed by atoms with Crippen molar-refractivity contribution in [3.63, 3.8) is 0 Å². The molecule has 110 valence electrons. The maximum atomic E-state index is 11.8. The molecule has 1 aliphatic rings. The number of likely N-dealkylation sites (tertiary alicyclic amines) is 1. The molecule has 0 aromatic heterocycles. The van der Waals surface area contributed by atoms with E-state index in [0.29, 0.717) is 25.9 Å². The maximum Gasteiger partial charge on any atom is 0.408 e. The lowest BCUT2D eigenvalue weighted by Gasteiger charge is -2.40. The summed E-state index contributed by atoms with van der Waals surface area (Å²) in [6, 6.07) is 0. The molecular weight excluding hydrogens is 250 g/mol. The van der Waals surface area contributed by atoms with Crippen LogP contribution in [0.25, 0.3) is 0 Å². The Balaban J connectivity index is 2.59. The lowest BCUT2D eigenvalue weighted by molar-refractivity contribution is 0.0399. The number of nitrogens with one attached hydrogen (secondary N) is 1. The zero-order valence-electron chi connectivity index (χ0n) is 11.7. The lowest BCUT2D eigenvalue weighted by Crippen LogP contribution is -2.60. The first-order chi connectivity index (χ1) is 8.67. The number of amides is 2. The predicted molar refractivity (Wildman–Crippen MR) is 70.0 cm³/mol. The van der Waals surface area contributed by atoms with Gasteiger partial charge in [0.1, 0.15) is 5.60 Å². The number of carbonyl (C=O) groups excluding carboxylic acids is 1. The van der Waals surface area contributed by atoms with Crippen molar-refractivity contribution < 1.29 is 19.4 Å². The second-order valence-corrected chi connectivity index (χ2v) is 5.88. The normalized spacial score (nSPS) is 18.8.